The molecule has 7 nitrogen and oxygen atoms in total. The Bertz CT molecular complexity index is 1140. The molecule has 2 saturated heterocycles. The van der Waals surface area contributed by atoms with E-state index < -0.39 is 11.7 Å². The number of hydrogen-bond donors (Lipinski definition) is 0. The molecule has 0 N–H and O–H groups in total. The van der Waals surface area contributed by atoms with Crippen LogP contribution in [0.15, 0.2) is 24.3 Å². The Morgan fingerprint density at radius 1 is 1.03 bits per heavy atom. The second-order valence-corrected chi connectivity index (χ2v) is 9.34. The molecule has 1 atom stereocenters. The first-order chi connectivity index (χ1) is 17.6. The number of rotatable bonds is 3. The Labute approximate surface area is 221 Å². The summed E-state index contributed by atoms with van der Waals surface area (Å²) in [7, 11) is 1.89. The Morgan fingerprint density at radius 3 is 2.22 bits per heavy atom. The van der Waals surface area contributed by atoms with Crippen molar-refractivity contribution in [3.63, 3.8) is 0 Å². The standard InChI is InChI=1S/C20H22ClF3N6.C4H8O.C2H6/c1-12-10-29(11-14-4-6-15(7-5-14)20(22,23)24)8-9-30(12)18-16-17(26-19(21)27-18)28(3)13(2)25-16;1-2-4-5-3-1;1-2/h4-7,12H,8-11H2,1-3H3;1-4H2;1-2H3. The molecule has 2 aromatic heterocycles. The number of aryl methyl sites for hydroxylation is 2. The fourth-order valence-corrected chi connectivity index (χ4v) is 4.55. The van der Waals surface area contributed by atoms with Gasteiger partial charge in [-0.2, -0.15) is 23.1 Å². The number of anilines is 1. The molecule has 3 aromatic rings. The number of ether oxygens (including phenoxy) is 1. The van der Waals surface area contributed by atoms with Crippen molar-refractivity contribution in [2.75, 3.05) is 37.7 Å². The lowest BCUT2D eigenvalue weighted by Gasteiger charge is -2.40. The first-order valence-electron chi connectivity index (χ1n) is 12.7. The van der Waals surface area contributed by atoms with Gasteiger partial charge in [0.05, 0.1) is 5.56 Å². The van der Waals surface area contributed by atoms with Crippen LogP contribution >= 0.6 is 11.6 Å². The summed E-state index contributed by atoms with van der Waals surface area (Å²) in [5, 5.41) is 0.180. The van der Waals surface area contributed by atoms with Crippen LogP contribution in [0.1, 0.15) is 50.6 Å². The molecule has 2 aliphatic heterocycles. The monoisotopic (exact) mass is 540 g/mol. The number of halogens is 4. The van der Waals surface area contributed by atoms with Crippen molar-refractivity contribution in [3.8, 4) is 0 Å². The van der Waals surface area contributed by atoms with Gasteiger partial charge in [0.1, 0.15) is 5.82 Å². The van der Waals surface area contributed by atoms with Crippen molar-refractivity contribution < 1.29 is 17.9 Å². The highest BCUT2D eigenvalue weighted by Gasteiger charge is 2.31. The minimum absolute atomic E-state index is 0.129. The molecule has 0 radical (unpaired) electrons. The molecule has 2 fully saturated rings. The van der Waals surface area contributed by atoms with Crippen molar-refractivity contribution in [3.05, 3.63) is 46.5 Å². The zero-order chi connectivity index (χ0) is 27.2. The summed E-state index contributed by atoms with van der Waals surface area (Å²) in [6.07, 6.45) is -1.76. The minimum Gasteiger partial charge on any atom is -0.381 e. The van der Waals surface area contributed by atoms with E-state index in [0.29, 0.717) is 18.7 Å². The van der Waals surface area contributed by atoms with E-state index in [0.717, 1.165) is 61.2 Å². The summed E-state index contributed by atoms with van der Waals surface area (Å²) in [5.41, 5.74) is 1.65. The van der Waals surface area contributed by atoms with Gasteiger partial charge in [0.15, 0.2) is 17.0 Å². The molecule has 0 saturated carbocycles. The molecule has 5 rings (SSSR count). The number of fused-ring (bicyclic) bond motifs is 1. The zero-order valence-electron chi connectivity index (χ0n) is 22.1. The van der Waals surface area contributed by atoms with Gasteiger partial charge in [0.25, 0.3) is 0 Å². The molecule has 2 aliphatic rings. The number of imidazole rings is 1. The third-order valence-electron chi connectivity index (χ3n) is 6.40. The molecule has 1 unspecified atom stereocenters. The predicted octanol–water partition coefficient (Wildman–Crippen LogP) is 5.88. The maximum Gasteiger partial charge on any atom is 0.416 e. The SMILES string of the molecule is C1CCOC1.CC.Cc1nc2c(N3CCN(Cc4ccc(C(F)(F)F)cc4)CC3C)nc(Cl)nc2n1C. The van der Waals surface area contributed by atoms with Crippen LogP contribution in [0, 0.1) is 6.92 Å². The lowest BCUT2D eigenvalue weighted by atomic mass is 10.1. The van der Waals surface area contributed by atoms with Gasteiger partial charge in [0.2, 0.25) is 5.28 Å². The molecular formula is C26H36ClF3N6O. The Morgan fingerprint density at radius 2 is 1.68 bits per heavy atom. The van der Waals surface area contributed by atoms with Gasteiger partial charge in [-0.3, -0.25) is 4.90 Å². The molecule has 0 amide bonds. The van der Waals surface area contributed by atoms with Crippen LogP contribution < -0.4 is 4.90 Å². The highest BCUT2D eigenvalue weighted by Crippen LogP contribution is 2.30. The summed E-state index contributed by atoms with van der Waals surface area (Å²) < 4.78 is 45.1. The van der Waals surface area contributed by atoms with E-state index in [1.807, 2.05) is 32.4 Å². The van der Waals surface area contributed by atoms with Crippen molar-refractivity contribution in [1.82, 2.24) is 24.4 Å². The summed E-state index contributed by atoms with van der Waals surface area (Å²) in [6, 6.07) is 5.50. The quantitative estimate of drug-likeness (QED) is 0.387. The van der Waals surface area contributed by atoms with Crippen LogP contribution in [0.25, 0.3) is 11.2 Å². The van der Waals surface area contributed by atoms with Gasteiger partial charge in [-0.1, -0.05) is 26.0 Å². The maximum atomic E-state index is 12.8. The highest BCUT2D eigenvalue weighted by atomic mass is 35.5. The largest absolute Gasteiger partial charge is 0.416 e. The van der Waals surface area contributed by atoms with Crippen molar-refractivity contribution in [2.45, 2.75) is 59.3 Å². The van der Waals surface area contributed by atoms with E-state index in [1.165, 1.54) is 12.8 Å². The topological polar surface area (TPSA) is 59.3 Å². The molecule has 37 heavy (non-hydrogen) atoms. The van der Waals surface area contributed by atoms with E-state index in [-0.39, 0.29) is 11.3 Å². The second kappa shape index (κ2) is 12.9. The summed E-state index contributed by atoms with van der Waals surface area (Å²) in [4.78, 5) is 17.8. The molecule has 11 heteroatoms. The van der Waals surface area contributed by atoms with Crippen LogP contribution in [-0.2, 0) is 24.5 Å². The molecule has 1 aromatic carbocycles. The zero-order valence-corrected chi connectivity index (χ0v) is 22.9. The number of piperazine rings is 1. The third-order valence-corrected chi connectivity index (χ3v) is 6.56. The van der Waals surface area contributed by atoms with E-state index in [9.17, 15) is 13.2 Å². The van der Waals surface area contributed by atoms with Gasteiger partial charge in [0, 0.05) is 52.5 Å². The lowest BCUT2D eigenvalue weighted by molar-refractivity contribution is -0.137. The normalized spacial score (nSPS) is 18.3. The Balaban J connectivity index is 0.000000478. The van der Waals surface area contributed by atoms with Crippen molar-refractivity contribution in [1.29, 1.82) is 0 Å². The van der Waals surface area contributed by atoms with Gasteiger partial charge in [-0.15, -0.1) is 0 Å². The van der Waals surface area contributed by atoms with Crippen LogP contribution in [0.2, 0.25) is 5.28 Å². The Kier molecular flexibility index (Phi) is 10.1. The number of aromatic nitrogens is 4. The lowest BCUT2D eigenvalue weighted by Crippen LogP contribution is -2.52. The third kappa shape index (κ3) is 7.33. The van der Waals surface area contributed by atoms with Crippen LogP contribution in [-0.4, -0.2) is 63.3 Å². The first kappa shape index (κ1) is 29.1. The van der Waals surface area contributed by atoms with Crippen molar-refractivity contribution >= 4 is 28.6 Å². The summed E-state index contributed by atoms with van der Waals surface area (Å²) in [6.45, 7) is 12.8. The fraction of sp³-hybridized carbons (Fsp3) is 0.577. The first-order valence-corrected chi connectivity index (χ1v) is 13.1. The second-order valence-electron chi connectivity index (χ2n) is 9.00. The molecule has 0 spiro atoms. The minimum atomic E-state index is -4.31. The predicted molar refractivity (Wildman–Crippen MR) is 141 cm³/mol. The Hall–Kier alpha value is -2.43. The van der Waals surface area contributed by atoms with Crippen LogP contribution in [0.5, 0.6) is 0 Å². The molecule has 0 aliphatic carbocycles. The smallest absolute Gasteiger partial charge is 0.381 e. The molecule has 4 heterocycles. The highest BCUT2D eigenvalue weighted by molar-refractivity contribution is 6.28. The number of nitrogens with zero attached hydrogens (tertiary/aromatic N) is 6. The van der Waals surface area contributed by atoms with Gasteiger partial charge >= 0.3 is 6.18 Å². The van der Waals surface area contributed by atoms with E-state index in [4.69, 9.17) is 16.3 Å². The number of benzene rings is 1. The van der Waals surface area contributed by atoms with Gasteiger partial charge in [-0.05, 0) is 56.0 Å². The van der Waals surface area contributed by atoms with Gasteiger partial charge in [-0.25, -0.2) is 4.98 Å². The van der Waals surface area contributed by atoms with Crippen LogP contribution in [0.4, 0.5) is 19.0 Å². The van der Waals surface area contributed by atoms with Crippen molar-refractivity contribution in [2.24, 2.45) is 7.05 Å². The van der Waals surface area contributed by atoms with E-state index in [1.54, 1.807) is 12.1 Å². The number of hydrogen-bond acceptors (Lipinski definition) is 6. The summed E-state index contributed by atoms with van der Waals surface area (Å²) in [5.74, 6) is 1.55. The summed E-state index contributed by atoms with van der Waals surface area (Å²) >= 11 is 6.17. The molecular weight excluding hydrogens is 505 g/mol. The number of alkyl halides is 3. The van der Waals surface area contributed by atoms with E-state index >= 15 is 0 Å². The average Bonchev–Trinajstić information content (AvgIpc) is 3.54. The molecule has 204 valence electrons. The van der Waals surface area contributed by atoms with E-state index in [2.05, 4.69) is 31.7 Å². The molecule has 0 bridgehead atoms. The maximum absolute atomic E-state index is 12.8. The van der Waals surface area contributed by atoms with Gasteiger partial charge < -0.3 is 14.2 Å². The van der Waals surface area contributed by atoms with Crippen LogP contribution in [0.3, 0.4) is 0 Å². The fourth-order valence-electron chi connectivity index (χ4n) is 4.39. The average molecular weight is 541 g/mol.